The van der Waals surface area contributed by atoms with Crippen molar-refractivity contribution in [3.63, 3.8) is 0 Å². The van der Waals surface area contributed by atoms with Gasteiger partial charge in [-0.2, -0.15) is 5.10 Å². The van der Waals surface area contributed by atoms with Crippen LogP contribution in [-0.2, 0) is 6.42 Å². The summed E-state index contributed by atoms with van der Waals surface area (Å²) < 4.78 is 0. The Morgan fingerprint density at radius 2 is 2.31 bits per heavy atom. The number of nitrogens with two attached hydrogens (primary N) is 1. The van der Waals surface area contributed by atoms with Gasteiger partial charge in [0.25, 0.3) is 0 Å². The lowest BCUT2D eigenvalue weighted by Gasteiger charge is -2.02. The number of aryl methyl sites for hydroxylation is 1. The van der Waals surface area contributed by atoms with E-state index in [1.165, 1.54) is 0 Å². The summed E-state index contributed by atoms with van der Waals surface area (Å²) >= 11 is 6.04. The second-order valence-corrected chi connectivity index (χ2v) is 3.32. The Morgan fingerprint density at radius 3 is 3.00 bits per heavy atom. The monoisotopic (exact) mass is 195 g/mol. The van der Waals surface area contributed by atoms with E-state index in [1.807, 2.05) is 19.1 Å². The highest BCUT2D eigenvalue weighted by Gasteiger charge is 2.09. The highest BCUT2D eigenvalue weighted by Crippen LogP contribution is 2.28. The van der Waals surface area contributed by atoms with Crippen LogP contribution in [0.15, 0.2) is 12.1 Å². The van der Waals surface area contributed by atoms with Gasteiger partial charge in [-0.3, -0.25) is 5.10 Å². The maximum Gasteiger partial charge on any atom is 0.153 e. The summed E-state index contributed by atoms with van der Waals surface area (Å²) in [4.78, 5) is 0. The molecular weight excluding hydrogens is 186 g/mol. The predicted octanol–water partition coefficient (Wildman–Crippen LogP) is 2.36. The van der Waals surface area contributed by atoms with Crippen molar-refractivity contribution in [1.82, 2.24) is 10.2 Å². The van der Waals surface area contributed by atoms with Gasteiger partial charge in [0.05, 0.1) is 5.52 Å². The Kier molecular flexibility index (Phi) is 1.88. The van der Waals surface area contributed by atoms with Crippen LogP contribution in [0.5, 0.6) is 0 Å². The molecule has 0 amide bonds. The van der Waals surface area contributed by atoms with Crippen LogP contribution >= 0.6 is 11.6 Å². The lowest BCUT2D eigenvalue weighted by atomic mass is 10.1. The normalized spacial score (nSPS) is 10.9. The van der Waals surface area contributed by atoms with Crippen molar-refractivity contribution in [1.29, 1.82) is 0 Å². The first-order valence-electron chi connectivity index (χ1n) is 4.15. The predicted molar refractivity (Wildman–Crippen MR) is 54.9 cm³/mol. The Morgan fingerprint density at radius 1 is 1.54 bits per heavy atom. The molecule has 2 rings (SSSR count). The number of nitrogens with one attached hydrogen (secondary N) is 1. The topological polar surface area (TPSA) is 54.7 Å². The number of nitrogen functional groups attached to an aromatic ring is 1. The van der Waals surface area contributed by atoms with Crippen LogP contribution in [-0.4, -0.2) is 10.2 Å². The molecule has 4 heteroatoms. The quantitative estimate of drug-likeness (QED) is 0.734. The molecule has 0 radical (unpaired) electrons. The molecule has 1 aromatic carbocycles. The van der Waals surface area contributed by atoms with Gasteiger partial charge in [0.1, 0.15) is 0 Å². The molecule has 0 unspecified atom stereocenters. The van der Waals surface area contributed by atoms with Gasteiger partial charge in [-0.25, -0.2) is 0 Å². The molecule has 1 heterocycles. The fourth-order valence-electron chi connectivity index (χ4n) is 1.53. The second kappa shape index (κ2) is 2.92. The number of benzene rings is 1. The first-order chi connectivity index (χ1) is 6.24. The van der Waals surface area contributed by atoms with Crippen LogP contribution in [0, 0.1) is 0 Å². The van der Waals surface area contributed by atoms with Gasteiger partial charge < -0.3 is 5.73 Å². The standard InChI is InChI=1S/C9H10ClN3/c1-2-5-6(10)3-4-7-8(5)9(11)13-12-7/h3-4H,2H2,1H3,(H3,11,12,13). The van der Waals surface area contributed by atoms with Gasteiger partial charge in [-0.1, -0.05) is 18.5 Å². The Balaban J connectivity index is 2.88. The van der Waals surface area contributed by atoms with E-state index in [0.29, 0.717) is 5.82 Å². The smallest absolute Gasteiger partial charge is 0.153 e. The second-order valence-electron chi connectivity index (χ2n) is 2.91. The van der Waals surface area contributed by atoms with E-state index in [-0.39, 0.29) is 0 Å². The average Bonchev–Trinajstić information content (AvgIpc) is 2.49. The molecule has 0 aliphatic rings. The minimum absolute atomic E-state index is 0.523. The first-order valence-corrected chi connectivity index (χ1v) is 4.52. The third kappa shape index (κ3) is 1.16. The molecule has 0 saturated heterocycles. The number of rotatable bonds is 1. The van der Waals surface area contributed by atoms with Crippen LogP contribution in [0.1, 0.15) is 12.5 Å². The number of nitrogens with zero attached hydrogens (tertiary/aromatic N) is 1. The van der Waals surface area contributed by atoms with Crippen molar-refractivity contribution in [3.05, 3.63) is 22.7 Å². The summed E-state index contributed by atoms with van der Waals surface area (Å²) in [7, 11) is 0. The molecule has 1 aromatic heterocycles. The van der Waals surface area contributed by atoms with E-state index in [2.05, 4.69) is 10.2 Å². The van der Waals surface area contributed by atoms with E-state index < -0.39 is 0 Å². The van der Waals surface area contributed by atoms with Crippen molar-refractivity contribution < 1.29 is 0 Å². The van der Waals surface area contributed by atoms with Crippen LogP contribution in [0.2, 0.25) is 5.02 Å². The van der Waals surface area contributed by atoms with Crippen molar-refractivity contribution in [2.24, 2.45) is 0 Å². The Labute approximate surface area is 80.9 Å². The summed E-state index contributed by atoms with van der Waals surface area (Å²) in [6.45, 7) is 2.05. The fraction of sp³-hybridized carbons (Fsp3) is 0.222. The summed E-state index contributed by atoms with van der Waals surface area (Å²) in [6.07, 6.45) is 0.861. The molecule has 0 saturated carbocycles. The van der Waals surface area contributed by atoms with E-state index in [9.17, 15) is 0 Å². The number of anilines is 1. The number of halogens is 1. The minimum Gasteiger partial charge on any atom is -0.382 e. The molecule has 0 atom stereocenters. The molecule has 0 aliphatic heterocycles. The van der Waals surface area contributed by atoms with Gasteiger partial charge in [0.15, 0.2) is 5.82 Å². The highest BCUT2D eigenvalue weighted by atomic mass is 35.5. The van der Waals surface area contributed by atoms with Crippen LogP contribution < -0.4 is 5.73 Å². The molecule has 0 bridgehead atoms. The lowest BCUT2D eigenvalue weighted by molar-refractivity contribution is 1.13. The molecule has 0 spiro atoms. The number of aromatic nitrogens is 2. The third-order valence-corrected chi connectivity index (χ3v) is 2.52. The molecule has 0 aliphatic carbocycles. The van der Waals surface area contributed by atoms with Crippen molar-refractivity contribution in [3.8, 4) is 0 Å². The molecule has 2 aromatic rings. The summed E-state index contributed by atoms with van der Waals surface area (Å²) in [5.74, 6) is 0.523. The maximum atomic E-state index is 6.04. The SMILES string of the molecule is CCc1c(Cl)ccc2[nH]nc(N)c12. The first kappa shape index (κ1) is 8.38. The van der Waals surface area contributed by atoms with Gasteiger partial charge >= 0.3 is 0 Å². The zero-order chi connectivity index (χ0) is 9.42. The number of H-pyrrole nitrogens is 1. The maximum absolute atomic E-state index is 6.04. The van der Waals surface area contributed by atoms with Crippen molar-refractivity contribution >= 4 is 28.3 Å². The fourth-order valence-corrected chi connectivity index (χ4v) is 1.82. The van der Waals surface area contributed by atoms with Gasteiger partial charge in [-0.05, 0) is 24.1 Å². The van der Waals surface area contributed by atoms with E-state index in [0.717, 1.165) is 27.9 Å². The van der Waals surface area contributed by atoms with E-state index >= 15 is 0 Å². The molecule has 3 N–H and O–H groups in total. The lowest BCUT2D eigenvalue weighted by Crippen LogP contribution is -1.89. The molecule has 0 fully saturated rings. The largest absolute Gasteiger partial charge is 0.382 e. The summed E-state index contributed by atoms with van der Waals surface area (Å²) in [5.41, 5.74) is 7.72. The third-order valence-electron chi connectivity index (χ3n) is 2.16. The molecular formula is C9H10ClN3. The number of hydrogen-bond donors (Lipinski definition) is 2. The van der Waals surface area contributed by atoms with Crippen LogP contribution in [0.25, 0.3) is 10.9 Å². The van der Waals surface area contributed by atoms with E-state index in [1.54, 1.807) is 0 Å². The van der Waals surface area contributed by atoms with Gasteiger partial charge in [0, 0.05) is 10.4 Å². The van der Waals surface area contributed by atoms with Crippen molar-refractivity contribution in [2.75, 3.05) is 5.73 Å². The number of fused-ring (bicyclic) bond motifs is 1. The zero-order valence-electron chi connectivity index (χ0n) is 7.26. The average molecular weight is 196 g/mol. The van der Waals surface area contributed by atoms with Crippen LogP contribution in [0.3, 0.4) is 0 Å². The number of hydrogen-bond acceptors (Lipinski definition) is 2. The minimum atomic E-state index is 0.523. The molecule has 13 heavy (non-hydrogen) atoms. The van der Waals surface area contributed by atoms with Crippen LogP contribution in [0.4, 0.5) is 5.82 Å². The molecule has 3 nitrogen and oxygen atoms in total. The van der Waals surface area contributed by atoms with E-state index in [4.69, 9.17) is 17.3 Å². The molecule has 68 valence electrons. The van der Waals surface area contributed by atoms with Gasteiger partial charge in [0.2, 0.25) is 0 Å². The highest BCUT2D eigenvalue weighted by molar-refractivity contribution is 6.32. The Hall–Kier alpha value is -1.22. The number of aromatic amines is 1. The summed E-state index contributed by atoms with van der Waals surface area (Å²) in [6, 6.07) is 3.75. The summed E-state index contributed by atoms with van der Waals surface area (Å²) in [5, 5.41) is 8.50. The zero-order valence-corrected chi connectivity index (χ0v) is 8.02. The van der Waals surface area contributed by atoms with Crippen molar-refractivity contribution in [2.45, 2.75) is 13.3 Å². The Bertz CT molecular complexity index is 447. The van der Waals surface area contributed by atoms with Gasteiger partial charge in [-0.15, -0.1) is 0 Å².